The Bertz CT molecular complexity index is 997. The van der Waals surface area contributed by atoms with Crippen molar-refractivity contribution in [2.45, 2.75) is 144 Å². The molecule has 4 aliphatic rings. The molecule has 0 spiro atoms. The summed E-state index contributed by atoms with van der Waals surface area (Å²) in [5.74, 6) is 2.92. The van der Waals surface area contributed by atoms with E-state index < -0.39 is 24.5 Å². The molecule has 0 saturated heterocycles. The summed E-state index contributed by atoms with van der Waals surface area (Å²) in [6.45, 7) is 21.7. The molecule has 4 aliphatic carbocycles. The van der Waals surface area contributed by atoms with Gasteiger partial charge in [0, 0.05) is 12.3 Å². The molecule has 0 aliphatic heterocycles. The van der Waals surface area contributed by atoms with Crippen LogP contribution in [-0.4, -0.2) is 36.7 Å². The van der Waals surface area contributed by atoms with Crippen molar-refractivity contribution >= 4 is 12.3 Å². The highest BCUT2D eigenvalue weighted by Gasteiger charge is 2.44. The highest BCUT2D eigenvalue weighted by molar-refractivity contribution is 5.62. The number of hydrogen-bond donors (Lipinski definition) is 0. The number of carbonyl (C=O) groups excluding carboxylic acids is 2. The van der Waals surface area contributed by atoms with E-state index in [0.717, 1.165) is 57.8 Å². The lowest BCUT2D eigenvalue weighted by atomic mass is 9.69. The number of allylic oxidation sites excluding steroid dienone is 1. The van der Waals surface area contributed by atoms with Crippen molar-refractivity contribution in [3.05, 3.63) is 23.3 Å². The van der Waals surface area contributed by atoms with Crippen molar-refractivity contribution in [3.8, 4) is 0 Å². The van der Waals surface area contributed by atoms with Gasteiger partial charge in [-0.3, -0.25) is 0 Å². The molecule has 42 heavy (non-hydrogen) atoms. The van der Waals surface area contributed by atoms with Crippen molar-refractivity contribution in [2.75, 3.05) is 0 Å². The van der Waals surface area contributed by atoms with Gasteiger partial charge in [0.2, 0.25) is 0 Å². The van der Waals surface area contributed by atoms with E-state index in [1.54, 1.807) is 0 Å². The largest absolute Gasteiger partial charge is 0.508 e. The van der Waals surface area contributed by atoms with E-state index in [9.17, 15) is 9.59 Å². The van der Waals surface area contributed by atoms with E-state index in [1.165, 1.54) is 16.7 Å². The number of hydrogen-bond acceptors (Lipinski definition) is 6. The summed E-state index contributed by atoms with van der Waals surface area (Å²) < 4.78 is 24.3. The van der Waals surface area contributed by atoms with Gasteiger partial charge in [0.15, 0.2) is 0 Å². The maximum Gasteiger partial charge on any atom is 0.508 e. The third-order valence-corrected chi connectivity index (χ3v) is 11.2. The Hall–Kier alpha value is -1.98. The minimum absolute atomic E-state index is 0.0782. The molecular weight excluding hydrogens is 528 g/mol. The van der Waals surface area contributed by atoms with Crippen LogP contribution in [0, 0.1) is 47.3 Å². The van der Waals surface area contributed by atoms with Crippen LogP contribution in [0.15, 0.2) is 23.3 Å². The van der Waals surface area contributed by atoms with Crippen LogP contribution in [0.25, 0.3) is 0 Å². The Kier molecular flexibility index (Phi) is 11.1. The lowest BCUT2D eigenvalue weighted by molar-refractivity contribution is -0.103. The molecule has 4 rings (SSSR count). The zero-order valence-corrected chi connectivity index (χ0v) is 27.7. The molecule has 0 bridgehead atoms. The van der Waals surface area contributed by atoms with Gasteiger partial charge in [-0.1, -0.05) is 84.6 Å². The molecule has 238 valence electrons. The van der Waals surface area contributed by atoms with Crippen molar-refractivity contribution in [3.63, 3.8) is 0 Å². The van der Waals surface area contributed by atoms with E-state index in [1.807, 2.05) is 0 Å². The van der Waals surface area contributed by atoms with E-state index in [0.29, 0.717) is 47.8 Å². The Labute approximate surface area is 255 Å². The summed E-state index contributed by atoms with van der Waals surface area (Å²) >= 11 is 0. The first kappa shape index (κ1) is 32.9. The van der Waals surface area contributed by atoms with Gasteiger partial charge < -0.3 is 18.9 Å². The zero-order valence-electron chi connectivity index (χ0n) is 27.7. The Balaban J connectivity index is 1.50. The molecule has 6 nitrogen and oxygen atoms in total. The molecule has 6 unspecified atom stereocenters. The third kappa shape index (κ3) is 7.94. The van der Waals surface area contributed by atoms with Gasteiger partial charge in [0.05, 0.1) is 0 Å². The van der Waals surface area contributed by atoms with Crippen LogP contribution in [0.3, 0.4) is 0 Å². The summed E-state index contributed by atoms with van der Waals surface area (Å²) in [5, 5.41) is 0. The maximum atomic E-state index is 13.4. The summed E-state index contributed by atoms with van der Waals surface area (Å²) in [6, 6.07) is 0. The molecule has 2 saturated carbocycles. The predicted molar refractivity (Wildman–Crippen MR) is 166 cm³/mol. The fourth-order valence-electron chi connectivity index (χ4n) is 8.39. The van der Waals surface area contributed by atoms with Gasteiger partial charge in [-0.2, -0.15) is 0 Å². The first-order valence-electron chi connectivity index (χ1n) is 16.9. The predicted octanol–water partition coefficient (Wildman–Crippen LogP) is 9.66. The minimum Gasteiger partial charge on any atom is -0.431 e. The highest BCUT2D eigenvalue weighted by atomic mass is 16.8. The van der Waals surface area contributed by atoms with Crippen LogP contribution in [0.2, 0.25) is 0 Å². The van der Waals surface area contributed by atoms with Crippen molar-refractivity contribution in [2.24, 2.45) is 47.3 Å². The van der Waals surface area contributed by atoms with E-state index in [4.69, 9.17) is 18.9 Å². The van der Waals surface area contributed by atoms with E-state index >= 15 is 0 Å². The molecule has 10 atom stereocenters. The normalized spacial score (nSPS) is 37.2. The summed E-state index contributed by atoms with van der Waals surface area (Å²) in [7, 11) is 0. The molecule has 0 heterocycles. The molecule has 0 amide bonds. The third-order valence-electron chi connectivity index (χ3n) is 11.2. The summed E-state index contributed by atoms with van der Waals surface area (Å²) in [6.07, 6.45) is 6.88. The first-order chi connectivity index (χ1) is 19.8. The summed E-state index contributed by atoms with van der Waals surface area (Å²) in [5.41, 5.74) is 3.85. The van der Waals surface area contributed by atoms with Gasteiger partial charge in [0.25, 0.3) is 0 Å². The second-order valence-corrected chi connectivity index (χ2v) is 15.1. The van der Waals surface area contributed by atoms with Crippen LogP contribution < -0.4 is 0 Å². The lowest BCUT2D eigenvalue weighted by Crippen LogP contribution is -2.46. The van der Waals surface area contributed by atoms with Crippen molar-refractivity contribution in [1.82, 2.24) is 0 Å². The van der Waals surface area contributed by atoms with Crippen LogP contribution >= 0.6 is 0 Å². The fraction of sp³-hybridized carbons (Fsp3) is 0.833. The summed E-state index contributed by atoms with van der Waals surface area (Å²) in [4.78, 5) is 26.7. The Morgan fingerprint density at radius 2 is 1.21 bits per heavy atom. The Morgan fingerprint density at radius 3 is 1.71 bits per heavy atom. The number of ether oxygens (including phenoxy) is 4. The Morgan fingerprint density at radius 1 is 0.714 bits per heavy atom. The standard InChI is InChI=1S/C36H58O6/c1-20(2)26-12-13-27-19-33(41-35(37)39-31-16-23(7)10-14-28(31)21(3)4)34(25(9)30(27)18-26)42-36(38)40-32-17-24(8)11-15-29(32)22(5)6/h21-26,28-29,31-34H,1,10-19H2,2-9H3/t23?,24?,25-,26+,28?,29?,31?,32?,33+,34+/m0/s1. The zero-order chi connectivity index (χ0) is 30.7. The van der Waals surface area contributed by atoms with E-state index in [-0.39, 0.29) is 18.1 Å². The number of rotatable bonds is 7. The van der Waals surface area contributed by atoms with E-state index in [2.05, 4.69) is 62.0 Å². The average molecular weight is 587 g/mol. The smallest absolute Gasteiger partial charge is 0.431 e. The maximum absolute atomic E-state index is 13.4. The topological polar surface area (TPSA) is 71.1 Å². The average Bonchev–Trinajstić information content (AvgIpc) is 2.90. The molecule has 0 radical (unpaired) electrons. The van der Waals surface area contributed by atoms with Gasteiger partial charge in [-0.15, -0.1) is 0 Å². The van der Waals surface area contributed by atoms with Gasteiger partial charge in [-0.05, 0) is 93.3 Å². The lowest BCUT2D eigenvalue weighted by Gasteiger charge is -2.42. The minimum atomic E-state index is -0.643. The van der Waals surface area contributed by atoms with Crippen LogP contribution in [0.1, 0.15) is 120 Å². The quantitative estimate of drug-likeness (QED) is 0.218. The molecule has 2 fully saturated rings. The fourth-order valence-corrected chi connectivity index (χ4v) is 8.39. The first-order valence-corrected chi connectivity index (χ1v) is 16.9. The van der Waals surface area contributed by atoms with Crippen LogP contribution in [0.5, 0.6) is 0 Å². The molecule has 6 heteroatoms. The van der Waals surface area contributed by atoms with Crippen molar-refractivity contribution in [1.29, 1.82) is 0 Å². The molecule has 0 aromatic carbocycles. The van der Waals surface area contributed by atoms with Gasteiger partial charge >= 0.3 is 12.3 Å². The van der Waals surface area contributed by atoms with Gasteiger partial charge in [-0.25, -0.2) is 9.59 Å². The second-order valence-electron chi connectivity index (χ2n) is 15.1. The van der Waals surface area contributed by atoms with Gasteiger partial charge in [0.1, 0.15) is 24.4 Å². The number of carbonyl (C=O) groups is 2. The molecule has 0 aromatic rings. The monoisotopic (exact) mass is 586 g/mol. The SMILES string of the molecule is C=C(C)[C@@H]1CCC2=C(C1)[C@H](C)[C@@H](OC(=O)OC1CC(C)CCC1C(C)C)[C@H](OC(=O)OC1CC(C)CCC1C(C)C)C2. The van der Waals surface area contributed by atoms with Crippen LogP contribution in [0.4, 0.5) is 9.59 Å². The molecule has 0 aromatic heterocycles. The molecule has 0 N–H and O–H groups in total. The van der Waals surface area contributed by atoms with Crippen LogP contribution in [-0.2, 0) is 18.9 Å². The highest BCUT2D eigenvalue weighted by Crippen LogP contribution is 2.45. The second kappa shape index (κ2) is 14.2. The molecular formula is C36H58O6. The van der Waals surface area contributed by atoms with Crippen molar-refractivity contribution < 1.29 is 28.5 Å².